The number of rotatable bonds is 2. The fraction of sp³-hybridized carbons (Fsp3) is 0.0714. The van der Waals surface area contributed by atoms with Crippen molar-refractivity contribution in [3.63, 3.8) is 0 Å². The number of anilines is 1. The van der Waals surface area contributed by atoms with Crippen molar-refractivity contribution in [2.45, 2.75) is 6.92 Å². The number of halogens is 3. The average molecular weight is 359 g/mol. The van der Waals surface area contributed by atoms with Gasteiger partial charge in [-0.05, 0) is 42.8 Å². The molecular weight excluding hydrogens is 349 g/mol. The summed E-state index contributed by atoms with van der Waals surface area (Å²) in [5, 5.41) is 3.94. The zero-order valence-corrected chi connectivity index (χ0v) is 13.1. The molecule has 98 valence electrons. The van der Waals surface area contributed by atoms with E-state index in [2.05, 4.69) is 21.2 Å². The Kier molecular flexibility index (Phi) is 4.50. The molecule has 0 saturated heterocycles. The van der Waals surface area contributed by atoms with Gasteiger partial charge in [-0.3, -0.25) is 4.79 Å². The summed E-state index contributed by atoms with van der Waals surface area (Å²) in [5.41, 5.74) is 2.01. The van der Waals surface area contributed by atoms with E-state index < -0.39 is 0 Å². The van der Waals surface area contributed by atoms with Crippen molar-refractivity contribution >= 4 is 50.7 Å². The summed E-state index contributed by atoms with van der Waals surface area (Å²) >= 11 is 15.2. The Morgan fingerprint density at radius 1 is 1.21 bits per heavy atom. The second kappa shape index (κ2) is 5.95. The van der Waals surface area contributed by atoms with Gasteiger partial charge < -0.3 is 5.32 Å². The molecule has 0 unspecified atom stereocenters. The van der Waals surface area contributed by atoms with Crippen LogP contribution in [-0.4, -0.2) is 5.91 Å². The Balaban J connectivity index is 2.28. The van der Waals surface area contributed by atoms with Gasteiger partial charge in [-0.15, -0.1) is 0 Å². The third-order valence-corrected chi connectivity index (χ3v) is 3.73. The van der Waals surface area contributed by atoms with Crippen LogP contribution in [0.25, 0.3) is 0 Å². The van der Waals surface area contributed by atoms with Gasteiger partial charge in [0.15, 0.2) is 0 Å². The molecule has 0 radical (unpaired) electrons. The zero-order valence-electron chi connectivity index (χ0n) is 10.0. The molecule has 0 fully saturated rings. The lowest BCUT2D eigenvalue weighted by Crippen LogP contribution is -2.12. The van der Waals surface area contributed by atoms with E-state index in [0.717, 1.165) is 10.0 Å². The number of benzene rings is 2. The molecule has 0 bridgehead atoms. The highest BCUT2D eigenvalue weighted by Gasteiger charge is 2.10. The maximum absolute atomic E-state index is 12.1. The van der Waals surface area contributed by atoms with Crippen LogP contribution in [0.3, 0.4) is 0 Å². The largest absolute Gasteiger partial charge is 0.322 e. The van der Waals surface area contributed by atoms with E-state index in [-0.39, 0.29) is 5.91 Å². The molecule has 0 spiro atoms. The lowest BCUT2D eigenvalue weighted by atomic mass is 10.1. The Morgan fingerprint density at radius 2 is 1.95 bits per heavy atom. The average Bonchev–Trinajstić information content (AvgIpc) is 2.33. The molecule has 2 aromatic carbocycles. The molecule has 0 aliphatic carbocycles. The minimum atomic E-state index is -0.228. The van der Waals surface area contributed by atoms with Crippen molar-refractivity contribution in [2.75, 3.05) is 5.32 Å². The van der Waals surface area contributed by atoms with E-state index in [1.165, 1.54) is 0 Å². The van der Waals surface area contributed by atoms with Crippen molar-refractivity contribution < 1.29 is 4.79 Å². The van der Waals surface area contributed by atoms with Gasteiger partial charge in [-0.2, -0.15) is 0 Å². The summed E-state index contributed by atoms with van der Waals surface area (Å²) in [6.45, 7) is 1.85. The fourth-order valence-electron chi connectivity index (χ4n) is 1.62. The second-order valence-electron chi connectivity index (χ2n) is 4.02. The minimum absolute atomic E-state index is 0.228. The van der Waals surface area contributed by atoms with Crippen LogP contribution in [0.5, 0.6) is 0 Å². The van der Waals surface area contributed by atoms with Crippen LogP contribution in [0, 0.1) is 6.92 Å². The van der Waals surface area contributed by atoms with E-state index in [4.69, 9.17) is 23.2 Å². The first-order valence-corrected chi connectivity index (χ1v) is 7.05. The number of carbonyl (C=O) groups excluding carboxylic acids is 1. The van der Waals surface area contributed by atoms with Crippen molar-refractivity contribution in [3.05, 3.63) is 62.0 Å². The molecule has 2 rings (SSSR count). The SMILES string of the molecule is Cc1c(Cl)cccc1NC(=O)c1cc(Cl)cc(Br)c1. The van der Waals surface area contributed by atoms with Gasteiger partial charge in [-0.1, -0.05) is 45.2 Å². The Bertz CT molecular complexity index is 623. The highest BCUT2D eigenvalue weighted by atomic mass is 79.9. The standard InChI is InChI=1S/C14H10BrCl2NO/c1-8-12(17)3-2-4-13(8)18-14(19)9-5-10(15)7-11(16)6-9/h2-7H,1H3,(H,18,19). The monoisotopic (exact) mass is 357 g/mol. The Morgan fingerprint density at radius 3 is 2.63 bits per heavy atom. The predicted octanol–water partition coefficient (Wildman–Crippen LogP) is 5.32. The van der Waals surface area contributed by atoms with Gasteiger partial charge >= 0.3 is 0 Å². The summed E-state index contributed by atoms with van der Waals surface area (Å²) in [6, 6.07) is 10.4. The Labute approximate surface area is 129 Å². The normalized spacial score (nSPS) is 10.3. The lowest BCUT2D eigenvalue weighted by molar-refractivity contribution is 0.102. The summed E-state index contributed by atoms with van der Waals surface area (Å²) < 4.78 is 0.757. The minimum Gasteiger partial charge on any atom is -0.322 e. The topological polar surface area (TPSA) is 29.1 Å². The van der Waals surface area contributed by atoms with Gasteiger partial charge in [0, 0.05) is 25.8 Å². The number of nitrogens with one attached hydrogen (secondary N) is 1. The molecule has 2 nitrogen and oxygen atoms in total. The molecule has 1 amide bonds. The van der Waals surface area contributed by atoms with E-state index >= 15 is 0 Å². The molecule has 0 aliphatic heterocycles. The number of hydrogen-bond acceptors (Lipinski definition) is 1. The van der Waals surface area contributed by atoms with Gasteiger partial charge in [0.25, 0.3) is 5.91 Å². The summed E-state index contributed by atoms with van der Waals surface area (Å²) in [7, 11) is 0. The highest BCUT2D eigenvalue weighted by molar-refractivity contribution is 9.10. The molecule has 1 N–H and O–H groups in total. The summed E-state index contributed by atoms with van der Waals surface area (Å²) in [4.78, 5) is 12.1. The van der Waals surface area contributed by atoms with Gasteiger partial charge in [0.05, 0.1) is 0 Å². The molecule has 19 heavy (non-hydrogen) atoms. The first-order chi connectivity index (χ1) is 8.97. The molecule has 0 heterocycles. The zero-order chi connectivity index (χ0) is 14.0. The molecule has 5 heteroatoms. The van der Waals surface area contributed by atoms with Crippen LogP contribution in [0.4, 0.5) is 5.69 Å². The number of hydrogen-bond donors (Lipinski definition) is 1. The third kappa shape index (κ3) is 3.50. The molecule has 2 aromatic rings. The van der Waals surface area contributed by atoms with E-state index in [9.17, 15) is 4.79 Å². The van der Waals surface area contributed by atoms with E-state index in [1.807, 2.05) is 6.92 Å². The van der Waals surface area contributed by atoms with Crippen molar-refractivity contribution in [2.24, 2.45) is 0 Å². The number of amides is 1. The van der Waals surface area contributed by atoms with Crippen molar-refractivity contribution in [3.8, 4) is 0 Å². The van der Waals surface area contributed by atoms with Crippen LogP contribution >= 0.6 is 39.1 Å². The lowest BCUT2D eigenvalue weighted by Gasteiger charge is -2.10. The van der Waals surface area contributed by atoms with Crippen LogP contribution < -0.4 is 5.32 Å². The first-order valence-electron chi connectivity index (χ1n) is 5.50. The maximum atomic E-state index is 12.1. The smallest absolute Gasteiger partial charge is 0.255 e. The maximum Gasteiger partial charge on any atom is 0.255 e. The van der Waals surface area contributed by atoms with Crippen LogP contribution in [0.2, 0.25) is 10.0 Å². The predicted molar refractivity (Wildman–Crippen MR) is 83.3 cm³/mol. The number of carbonyl (C=O) groups is 1. The van der Waals surface area contributed by atoms with E-state index in [0.29, 0.717) is 21.3 Å². The van der Waals surface area contributed by atoms with E-state index in [1.54, 1.807) is 36.4 Å². The van der Waals surface area contributed by atoms with Crippen LogP contribution in [0.15, 0.2) is 40.9 Å². The van der Waals surface area contributed by atoms with Crippen molar-refractivity contribution in [1.29, 1.82) is 0 Å². The Hall–Kier alpha value is -1.03. The molecule has 0 aliphatic rings. The van der Waals surface area contributed by atoms with Crippen molar-refractivity contribution in [1.82, 2.24) is 0 Å². The molecule has 0 saturated carbocycles. The fourth-order valence-corrected chi connectivity index (χ4v) is 2.66. The quantitative estimate of drug-likeness (QED) is 0.773. The van der Waals surface area contributed by atoms with Gasteiger partial charge in [-0.25, -0.2) is 0 Å². The van der Waals surface area contributed by atoms with Gasteiger partial charge in [0.2, 0.25) is 0 Å². The summed E-state index contributed by atoms with van der Waals surface area (Å²) in [6.07, 6.45) is 0. The van der Waals surface area contributed by atoms with Crippen LogP contribution in [-0.2, 0) is 0 Å². The van der Waals surface area contributed by atoms with Gasteiger partial charge in [0.1, 0.15) is 0 Å². The third-order valence-electron chi connectivity index (χ3n) is 2.64. The van der Waals surface area contributed by atoms with Crippen LogP contribution in [0.1, 0.15) is 15.9 Å². The first kappa shape index (κ1) is 14.4. The molecular formula is C14H10BrCl2NO. The molecule has 0 aromatic heterocycles. The molecule has 0 atom stereocenters. The second-order valence-corrected chi connectivity index (χ2v) is 5.78. The summed E-state index contributed by atoms with van der Waals surface area (Å²) in [5.74, 6) is -0.228. The highest BCUT2D eigenvalue weighted by Crippen LogP contribution is 2.24.